The first-order chi connectivity index (χ1) is 15.5. The van der Waals surface area contributed by atoms with Crippen LogP contribution in [0.1, 0.15) is 66.1 Å². The fourth-order valence-corrected chi connectivity index (χ4v) is 4.24. The topological polar surface area (TPSA) is 90.9 Å². The van der Waals surface area contributed by atoms with E-state index in [1.54, 1.807) is 13.8 Å². The highest BCUT2D eigenvalue weighted by molar-refractivity contribution is 6.07. The number of cyclic esters (lactones) is 1. The van der Waals surface area contributed by atoms with Gasteiger partial charge in [0.05, 0.1) is 24.3 Å². The second-order valence-corrected chi connectivity index (χ2v) is 8.17. The van der Waals surface area contributed by atoms with Crippen LogP contribution in [0, 0.1) is 12.8 Å². The third-order valence-electron chi connectivity index (χ3n) is 5.97. The van der Waals surface area contributed by atoms with Gasteiger partial charge in [0.2, 0.25) is 0 Å². The molecule has 10 heteroatoms. The number of hydrogen-bond donors (Lipinski definition) is 1. The number of alkyl halides is 3. The van der Waals surface area contributed by atoms with E-state index in [9.17, 15) is 27.6 Å². The molecule has 0 aromatic heterocycles. The summed E-state index contributed by atoms with van der Waals surface area (Å²) in [5.74, 6) is -3.08. The molecule has 33 heavy (non-hydrogen) atoms. The molecule has 0 spiro atoms. The fraction of sp³-hybridized carbons (Fsp3) is 0.522. The average molecular weight is 469 g/mol. The second-order valence-electron chi connectivity index (χ2n) is 8.17. The van der Waals surface area contributed by atoms with Gasteiger partial charge in [-0.1, -0.05) is 19.3 Å². The molecule has 1 amide bonds. The van der Waals surface area contributed by atoms with Crippen molar-refractivity contribution in [2.24, 2.45) is 5.92 Å². The Bertz CT molecular complexity index is 993. The van der Waals surface area contributed by atoms with Crippen LogP contribution in [-0.2, 0) is 32.1 Å². The van der Waals surface area contributed by atoms with Gasteiger partial charge in [0, 0.05) is 11.1 Å². The normalized spacial score (nSPS) is 16.8. The highest BCUT2D eigenvalue weighted by atomic mass is 19.4. The lowest BCUT2D eigenvalue weighted by molar-refractivity contribution is -0.167. The number of allylic oxidation sites excluding steroid dienone is 2. The molecule has 1 fully saturated rings. The SMILES string of the molecule is COc1c(C)c2c(c(NC(=O)C(F)(F)F)c1C/C=C(/C)OC(=O)C1CCCCC1)C(=O)OC2. The molecule has 1 heterocycles. The van der Waals surface area contributed by atoms with Gasteiger partial charge in [0.15, 0.2) is 0 Å². The zero-order chi connectivity index (χ0) is 24.3. The summed E-state index contributed by atoms with van der Waals surface area (Å²) in [7, 11) is 1.34. The number of rotatable bonds is 6. The minimum absolute atomic E-state index is 0.0537. The standard InChI is InChI=1S/C23H26F3NO6/c1-12(33-20(28)14-7-5-4-6-8-14)9-10-15-18(27-22(30)23(24,25)26)17-16(11-32-21(17)29)13(2)19(15)31-3/h9,14H,4-8,10-11H2,1-3H3,(H,27,30)/b12-9-. The first kappa shape index (κ1) is 24.6. The van der Waals surface area contributed by atoms with Crippen molar-refractivity contribution in [1.82, 2.24) is 0 Å². The van der Waals surface area contributed by atoms with Crippen molar-refractivity contribution in [1.29, 1.82) is 0 Å². The Morgan fingerprint density at radius 2 is 1.88 bits per heavy atom. The number of hydrogen-bond acceptors (Lipinski definition) is 6. The van der Waals surface area contributed by atoms with Crippen molar-refractivity contribution in [2.75, 3.05) is 12.4 Å². The maximum absolute atomic E-state index is 13.0. The molecule has 1 saturated carbocycles. The van der Waals surface area contributed by atoms with E-state index in [4.69, 9.17) is 14.2 Å². The number of carbonyl (C=O) groups excluding carboxylic acids is 3. The zero-order valence-corrected chi connectivity index (χ0v) is 18.7. The van der Waals surface area contributed by atoms with Crippen LogP contribution >= 0.6 is 0 Å². The molecule has 7 nitrogen and oxygen atoms in total. The van der Waals surface area contributed by atoms with Gasteiger partial charge in [0.1, 0.15) is 18.1 Å². The molecule has 3 rings (SSSR count). The summed E-state index contributed by atoms with van der Waals surface area (Å²) in [5, 5.41) is 1.82. The van der Waals surface area contributed by atoms with Crippen molar-refractivity contribution in [2.45, 2.75) is 65.2 Å². The van der Waals surface area contributed by atoms with E-state index in [0.29, 0.717) is 11.1 Å². The van der Waals surface area contributed by atoms with Gasteiger partial charge in [-0.15, -0.1) is 0 Å². The molecule has 2 aliphatic rings. The largest absolute Gasteiger partial charge is 0.496 e. The van der Waals surface area contributed by atoms with E-state index in [1.807, 2.05) is 5.32 Å². The number of methoxy groups -OCH3 is 1. The number of halogens is 3. The van der Waals surface area contributed by atoms with Crippen LogP contribution < -0.4 is 10.1 Å². The maximum atomic E-state index is 13.0. The lowest BCUT2D eigenvalue weighted by Crippen LogP contribution is -2.31. The first-order valence-corrected chi connectivity index (χ1v) is 10.7. The van der Waals surface area contributed by atoms with E-state index in [0.717, 1.165) is 32.1 Å². The summed E-state index contributed by atoms with van der Waals surface area (Å²) in [6, 6.07) is 0. The highest BCUT2D eigenvalue weighted by Crippen LogP contribution is 2.42. The monoisotopic (exact) mass is 469 g/mol. The number of esters is 2. The van der Waals surface area contributed by atoms with Crippen LogP contribution in [0.15, 0.2) is 11.8 Å². The molecule has 0 unspecified atom stereocenters. The Balaban J connectivity index is 1.95. The molecule has 0 bridgehead atoms. The summed E-state index contributed by atoms with van der Waals surface area (Å²) in [5.41, 5.74) is 0.565. The smallest absolute Gasteiger partial charge is 0.471 e. The number of benzene rings is 1. The summed E-state index contributed by atoms with van der Waals surface area (Å²) >= 11 is 0. The van der Waals surface area contributed by atoms with Gasteiger partial charge in [-0.3, -0.25) is 9.59 Å². The quantitative estimate of drug-likeness (QED) is 0.478. The van der Waals surface area contributed by atoms with Gasteiger partial charge in [0.25, 0.3) is 0 Å². The molecule has 1 aromatic carbocycles. The summed E-state index contributed by atoms with van der Waals surface area (Å²) in [6.07, 6.45) is 0.838. The first-order valence-electron chi connectivity index (χ1n) is 10.7. The van der Waals surface area contributed by atoms with Gasteiger partial charge < -0.3 is 19.5 Å². The Morgan fingerprint density at radius 3 is 2.48 bits per heavy atom. The van der Waals surface area contributed by atoms with Crippen LogP contribution in [0.25, 0.3) is 0 Å². The van der Waals surface area contributed by atoms with Gasteiger partial charge in [-0.05, 0) is 44.7 Å². The van der Waals surface area contributed by atoms with Crippen molar-refractivity contribution in [3.05, 3.63) is 34.1 Å². The number of anilines is 1. The van der Waals surface area contributed by atoms with Gasteiger partial charge in [-0.25, -0.2) is 4.79 Å². The molecular weight excluding hydrogens is 443 g/mol. The Morgan fingerprint density at radius 1 is 1.21 bits per heavy atom. The fourth-order valence-electron chi connectivity index (χ4n) is 4.24. The maximum Gasteiger partial charge on any atom is 0.471 e. The Labute approximate surface area is 189 Å². The zero-order valence-electron chi connectivity index (χ0n) is 18.7. The lowest BCUT2D eigenvalue weighted by Gasteiger charge is -2.21. The number of carbonyl (C=O) groups is 3. The third-order valence-corrected chi connectivity index (χ3v) is 5.97. The van der Waals surface area contributed by atoms with Crippen LogP contribution in [0.2, 0.25) is 0 Å². The molecule has 0 atom stereocenters. The minimum Gasteiger partial charge on any atom is -0.496 e. The molecule has 1 aromatic rings. The van der Waals surface area contributed by atoms with Crippen molar-refractivity contribution < 1.29 is 41.8 Å². The predicted molar refractivity (Wildman–Crippen MR) is 112 cm³/mol. The van der Waals surface area contributed by atoms with Crippen molar-refractivity contribution in [3.63, 3.8) is 0 Å². The average Bonchev–Trinajstić information content (AvgIpc) is 3.16. The van der Waals surface area contributed by atoms with Crippen LogP contribution in [0.3, 0.4) is 0 Å². The Kier molecular flexibility index (Phi) is 7.34. The molecular formula is C23H26F3NO6. The lowest BCUT2D eigenvalue weighted by atomic mass is 9.89. The number of nitrogens with one attached hydrogen (secondary N) is 1. The molecule has 1 aliphatic heterocycles. The van der Waals surface area contributed by atoms with Gasteiger partial charge in [-0.2, -0.15) is 13.2 Å². The second kappa shape index (κ2) is 9.84. The van der Waals surface area contributed by atoms with Crippen LogP contribution in [0.5, 0.6) is 5.75 Å². The number of fused-ring (bicyclic) bond motifs is 1. The van der Waals surface area contributed by atoms with E-state index < -0.39 is 18.1 Å². The van der Waals surface area contributed by atoms with Gasteiger partial charge >= 0.3 is 24.0 Å². The molecule has 1 N–H and O–H groups in total. The summed E-state index contributed by atoms with van der Waals surface area (Å²) in [4.78, 5) is 36.4. The summed E-state index contributed by atoms with van der Waals surface area (Å²) in [6.45, 7) is 3.08. The molecule has 180 valence electrons. The molecule has 0 radical (unpaired) electrons. The minimum atomic E-state index is -5.16. The van der Waals surface area contributed by atoms with Crippen molar-refractivity contribution >= 4 is 23.5 Å². The summed E-state index contributed by atoms with van der Waals surface area (Å²) < 4.78 is 54.8. The van der Waals surface area contributed by atoms with E-state index in [-0.39, 0.29) is 53.2 Å². The van der Waals surface area contributed by atoms with Crippen LogP contribution in [0.4, 0.5) is 18.9 Å². The van der Waals surface area contributed by atoms with Crippen LogP contribution in [-0.4, -0.2) is 31.1 Å². The highest BCUT2D eigenvalue weighted by Gasteiger charge is 2.41. The predicted octanol–water partition coefficient (Wildman–Crippen LogP) is 4.74. The van der Waals surface area contributed by atoms with Crippen molar-refractivity contribution in [3.8, 4) is 5.75 Å². The number of ether oxygens (including phenoxy) is 3. The third kappa shape index (κ3) is 5.31. The number of amides is 1. The van der Waals surface area contributed by atoms with E-state index in [1.165, 1.54) is 13.2 Å². The molecule has 1 aliphatic carbocycles. The molecule has 0 saturated heterocycles. The van der Waals surface area contributed by atoms with E-state index in [2.05, 4.69) is 0 Å². The Hall–Kier alpha value is -3.04. The van der Waals surface area contributed by atoms with E-state index >= 15 is 0 Å².